The van der Waals surface area contributed by atoms with E-state index in [4.69, 9.17) is 11.2 Å². The van der Waals surface area contributed by atoms with Crippen LogP contribution in [0, 0.1) is 12.3 Å². The van der Waals surface area contributed by atoms with Gasteiger partial charge in [0, 0.05) is 6.54 Å². The highest BCUT2D eigenvalue weighted by molar-refractivity contribution is 5.83. The molecular weight excluding hydrogens is 223 g/mol. The highest BCUT2D eigenvalue weighted by Crippen LogP contribution is 2.28. The van der Waals surface area contributed by atoms with E-state index >= 15 is 0 Å². The molecule has 0 aromatic heterocycles. The average Bonchev–Trinajstić information content (AvgIpc) is 2.26. The molecule has 1 amide bonds. The molecule has 1 fully saturated rings. The molecule has 1 heterocycles. The van der Waals surface area contributed by atoms with Gasteiger partial charge in [0.15, 0.2) is 0 Å². The first-order valence-corrected chi connectivity index (χ1v) is 4.81. The van der Waals surface area contributed by atoms with Crippen LogP contribution in [0.4, 0.5) is 13.2 Å². The van der Waals surface area contributed by atoms with Crippen LogP contribution < -0.4 is 0 Å². The van der Waals surface area contributed by atoms with E-state index in [0.717, 1.165) is 0 Å². The number of terminal acetylenes is 1. The van der Waals surface area contributed by atoms with E-state index < -0.39 is 17.6 Å². The lowest BCUT2D eigenvalue weighted by atomic mass is 9.94. The summed E-state index contributed by atoms with van der Waals surface area (Å²) in [5.41, 5.74) is -1.27. The lowest BCUT2D eigenvalue weighted by molar-refractivity contribution is -0.196. The summed E-state index contributed by atoms with van der Waals surface area (Å²) in [6.45, 7) is 1.52. The lowest BCUT2D eigenvalue weighted by Crippen LogP contribution is -2.61. The van der Waals surface area contributed by atoms with E-state index in [1.807, 2.05) is 0 Å². The van der Waals surface area contributed by atoms with Gasteiger partial charge in [-0.1, -0.05) is 12.8 Å². The van der Waals surface area contributed by atoms with Crippen LogP contribution in [0.15, 0.2) is 0 Å². The lowest BCUT2D eigenvalue weighted by Gasteiger charge is -2.43. The number of carbonyl (C=O) groups is 1. The first-order chi connectivity index (χ1) is 7.37. The quantitative estimate of drug-likeness (QED) is 0.639. The number of amides is 1. The number of morpholine rings is 1. The summed E-state index contributed by atoms with van der Waals surface area (Å²) < 4.78 is 42.1. The minimum atomic E-state index is -4.89. The Labute approximate surface area is 91.5 Å². The monoisotopic (exact) mass is 235 g/mol. The van der Waals surface area contributed by atoms with Crippen molar-refractivity contribution in [3.05, 3.63) is 0 Å². The summed E-state index contributed by atoms with van der Waals surface area (Å²) in [7, 11) is 0. The largest absolute Gasteiger partial charge is 0.471 e. The number of carbonyl (C=O) groups excluding carboxylic acids is 1. The first-order valence-electron chi connectivity index (χ1n) is 4.81. The number of hydrogen-bond donors (Lipinski definition) is 0. The van der Waals surface area contributed by atoms with Gasteiger partial charge in [-0.25, -0.2) is 0 Å². The summed E-state index contributed by atoms with van der Waals surface area (Å²) in [4.78, 5) is 11.9. The van der Waals surface area contributed by atoms with Crippen molar-refractivity contribution in [2.24, 2.45) is 0 Å². The standard InChI is InChI=1S/C10H12F3NO2/c1-3-9(4-2)7-16-6-5-14(9)8(15)10(11,12)13/h1H,4-7H2,2H3. The molecule has 0 bridgehead atoms. The highest BCUT2D eigenvalue weighted by Gasteiger charge is 2.50. The summed E-state index contributed by atoms with van der Waals surface area (Å²) in [5, 5.41) is 0. The predicted octanol–water partition coefficient (Wildman–Crippen LogP) is 1.19. The van der Waals surface area contributed by atoms with Crippen molar-refractivity contribution < 1.29 is 22.7 Å². The molecule has 0 aromatic carbocycles. The summed E-state index contributed by atoms with van der Waals surface area (Å²) in [5.74, 6) is 0.357. The topological polar surface area (TPSA) is 29.5 Å². The van der Waals surface area contributed by atoms with Crippen molar-refractivity contribution in [1.82, 2.24) is 4.90 Å². The third kappa shape index (κ3) is 2.14. The Balaban J connectivity index is 3.00. The Morgan fingerprint density at radius 3 is 2.69 bits per heavy atom. The van der Waals surface area contributed by atoms with Gasteiger partial charge >= 0.3 is 12.1 Å². The fourth-order valence-electron chi connectivity index (χ4n) is 1.65. The molecule has 1 atom stereocenters. The van der Waals surface area contributed by atoms with Gasteiger partial charge in [-0.15, -0.1) is 6.42 Å². The number of ether oxygens (including phenoxy) is 1. The molecule has 1 unspecified atom stereocenters. The molecule has 0 aromatic rings. The molecule has 6 heteroatoms. The van der Waals surface area contributed by atoms with Gasteiger partial charge in [-0.3, -0.25) is 4.79 Å². The van der Waals surface area contributed by atoms with E-state index in [2.05, 4.69) is 5.92 Å². The molecule has 1 rings (SSSR count). The molecule has 1 saturated heterocycles. The SMILES string of the molecule is C#CC1(CC)COCCN1C(=O)C(F)(F)F. The molecule has 3 nitrogen and oxygen atoms in total. The van der Waals surface area contributed by atoms with Gasteiger partial charge in [-0.05, 0) is 6.42 Å². The normalized spacial score (nSPS) is 26.3. The van der Waals surface area contributed by atoms with Gasteiger partial charge in [0.2, 0.25) is 0 Å². The Morgan fingerprint density at radius 2 is 2.25 bits per heavy atom. The minimum absolute atomic E-state index is 0.0538. The van der Waals surface area contributed by atoms with Crippen molar-refractivity contribution in [3.63, 3.8) is 0 Å². The maximum Gasteiger partial charge on any atom is 0.471 e. The fraction of sp³-hybridized carbons (Fsp3) is 0.700. The number of rotatable bonds is 1. The zero-order valence-corrected chi connectivity index (χ0v) is 8.80. The fourth-order valence-corrected chi connectivity index (χ4v) is 1.65. The van der Waals surface area contributed by atoms with Gasteiger partial charge in [0.1, 0.15) is 5.54 Å². The second-order valence-electron chi connectivity index (χ2n) is 3.54. The highest BCUT2D eigenvalue weighted by atomic mass is 19.4. The Bertz CT molecular complexity index is 321. The maximum absolute atomic E-state index is 12.3. The van der Waals surface area contributed by atoms with Crippen LogP contribution in [-0.2, 0) is 9.53 Å². The van der Waals surface area contributed by atoms with Gasteiger partial charge in [0.25, 0.3) is 0 Å². The Kier molecular flexibility index (Phi) is 3.48. The van der Waals surface area contributed by atoms with E-state index in [-0.39, 0.29) is 26.2 Å². The molecule has 0 N–H and O–H groups in total. The molecule has 90 valence electrons. The number of alkyl halides is 3. The zero-order chi connectivity index (χ0) is 12.4. The summed E-state index contributed by atoms with van der Waals surface area (Å²) >= 11 is 0. The number of hydrogen-bond acceptors (Lipinski definition) is 2. The Morgan fingerprint density at radius 1 is 1.62 bits per heavy atom. The zero-order valence-electron chi connectivity index (χ0n) is 8.80. The van der Waals surface area contributed by atoms with Gasteiger partial charge in [0.05, 0.1) is 13.2 Å². The van der Waals surface area contributed by atoms with E-state index in [1.54, 1.807) is 6.92 Å². The van der Waals surface area contributed by atoms with Crippen LogP contribution in [0.25, 0.3) is 0 Å². The van der Waals surface area contributed by atoms with E-state index in [1.165, 1.54) is 0 Å². The van der Waals surface area contributed by atoms with Gasteiger partial charge < -0.3 is 9.64 Å². The van der Waals surface area contributed by atoms with Crippen LogP contribution >= 0.6 is 0 Å². The van der Waals surface area contributed by atoms with Crippen LogP contribution in [-0.4, -0.2) is 42.3 Å². The molecule has 0 spiro atoms. The summed E-state index contributed by atoms with van der Waals surface area (Å²) in [6.07, 6.45) is 0.562. The average molecular weight is 235 g/mol. The molecular formula is C10H12F3NO2. The number of halogens is 3. The third-order valence-corrected chi connectivity index (χ3v) is 2.66. The number of nitrogens with zero attached hydrogens (tertiary/aromatic N) is 1. The van der Waals surface area contributed by atoms with Crippen molar-refractivity contribution in [3.8, 4) is 12.3 Å². The first kappa shape index (κ1) is 12.8. The molecule has 0 aliphatic carbocycles. The molecule has 1 aliphatic heterocycles. The van der Waals surface area contributed by atoms with Crippen molar-refractivity contribution in [2.75, 3.05) is 19.8 Å². The van der Waals surface area contributed by atoms with E-state index in [9.17, 15) is 18.0 Å². The predicted molar refractivity (Wildman–Crippen MR) is 50.4 cm³/mol. The smallest absolute Gasteiger partial charge is 0.376 e. The maximum atomic E-state index is 12.3. The molecule has 16 heavy (non-hydrogen) atoms. The van der Waals surface area contributed by atoms with Crippen LogP contribution in [0.5, 0.6) is 0 Å². The minimum Gasteiger partial charge on any atom is -0.376 e. The van der Waals surface area contributed by atoms with Crippen LogP contribution in [0.2, 0.25) is 0 Å². The van der Waals surface area contributed by atoms with Crippen LogP contribution in [0.3, 0.4) is 0 Å². The van der Waals surface area contributed by atoms with Crippen molar-refractivity contribution >= 4 is 5.91 Å². The van der Waals surface area contributed by atoms with Crippen LogP contribution in [0.1, 0.15) is 13.3 Å². The van der Waals surface area contributed by atoms with Crippen molar-refractivity contribution in [1.29, 1.82) is 0 Å². The molecule has 0 saturated carbocycles. The molecule has 1 aliphatic rings. The third-order valence-electron chi connectivity index (χ3n) is 2.66. The van der Waals surface area contributed by atoms with Crippen molar-refractivity contribution in [2.45, 2.75) is 25.1 Å². The van der Waals surface area contributed by atoms with Gasteiger partial charge in [-0.2, -0.15) is 13.2 Å². The second kappa shape index (κ2) is 4.34. The Hall–Kier alpha value is -1.22. The van der Waals surface area contributed by atoms with E-state index in [0.29, 0.717) is 4.90 Å². The molecule has 0 radical (unpaired) electrons. The second-order valence-corrected chi connectivity index (χ2v) is 3.54. The summed E-state index contributed by atoms with van der Waals surface area (Å²) in [6, 6.07) is 0.